The molecule has 5 nitrogen and oxygen atoms in total. The molecule has 0 saturated carbocycles. The van der Waals surface area contributed by atoms with Crippen LogP contribution in [0.3, 0.4) is 0 Å². The minimum absolute atomic E-state index is 0.0178. The van der Waals surface area contributed by atoms with E-state index < -0.39 is 0 Å². The minimum Gasteiger partial charge on any atom is -0.491 e. The molecule has 2 heterocycles. The molecule has 1 atom stereocenters. The number of carbonyl (C=O) groups is 2. The summed E-state index contributed by atoms with van der Waals surface area (Å²) in [5.74, 6) is 0.418. The molecule has 2 aromatic carbocycles. The number of hydrogen-bond acceptors (Lipinski definition) is 4. The van der Waals surface area contributed by atoms with Crippen LogP contribution >= 0.6 is 22.9 Å². The van der Waals surface area contributed by atoms with Gasteiger partial charge in [0.05, 0.1) is 6.04 Å². The number of hydrogen-bond donors (Lipinski definition) is 0. The summed E-state index contributed by atoms with van der Waals surface area (Å²) in [6.07, 6.45) is 2.45. The van der Waals surface area contributed by atoms with E-state index in [0.717, 1.165) is 17.5 Å². The van der Waals surface area contributed by atoms with E-state index in [1.807, 2.05) is 42.2 Å². The van der Waals surface area contributed by atoms with Crippen molar-refractivity contribution in [2.45, 2.75) is 19.4 Å². The van der Waals surface area contributed by atoms with E-state index >= 15 is 0 Å². The second-order valence-corrected chi connectivity index (χ2v) is 9.64. The number of amides is 2. The van der Waals surface area contributed by atoms with E-state index in [1.54, 1.807) is 40.5 Å². The molecule has 0 N–H and O–H groups in total. The highest BCUT2D eigenvalue weighted by molar-refractivity contribution is 7.10. The number of halogens is 1. The van der Waals surface area contributed by atoms with Crippen LogP contribution in [0.5, 0.6) is 5.75 Å². The molecule has 0 spiro atoms. The lowest BCUT2D eigenvalue weighted by Crippen LogP contribution is -2.48. The van der Waals surface area contributed by atoms with Gasteiger partial charge in [0.2, 0.25) is 5.91 Å². The summed E-state index contributed by atoms with van der Waals surface area (Å²) in [6, 6.07) is 16.5. The van der Waals surface area contributed by atoms with Gasteiger partial charge in [-0.05, 0) is 66.2 Å². The summed E-state index contributed by atoms with van der Waals surface area (Å²) in [4.78, 5) is 31.4. The van der Waals surface area contributed by atoms with Gasteiger partial charge in [-0.2, -0.15) is 0 Å². The third-order valence-electron chi connectivity index (χ3n) is 5.98. The molecule has 2 amide bonds. The van der Waals surface area contributed by atoms with E-state index in [1.165, 1.54) is 4.88 Å². The SMILES string of the molecule is C=CCN(CC(=O)N1CCc2sccc2C1COc1ccc(Cl)cc1)C(=O)c1ccccc1C. The monoisotopic (exact) mass is 494 g/mol. The summed E-state index contributed by atoms with van der Waals surface area (Å²) >= 11 is 7.69. The number of thiophene rings is 1. The van der Waals surface area contributed by atoms with Crippen LogP contribution in [0.15, 0.2) is 72.6 Å². The molecule has 4 rings (SSSR count). The van der Waals surface area contributed by atoms with Crippen molar-refractivity contribution < 1.29 is 14.3 Å². The van der Waals surface area contributed by atoms with E-state index in [4.69, 9.17) is 16.3 Å². The Morgan fingerprint density at radius 1 is 1.21 bits per heavy atom. The molecule has 1 aromatic heterocycles. The molecule has 0 radical (unpaired) electrons. The van der Waals surface area contributed by atoms with Gasteiger partial charge in [-0.1, -0.05) is 35.9 Å². The van der Waals surface area contributed by atoms with Crippen LogP contribution in [0.4, 0.5) is 0 Å². The van der Waals surface area contributed by atoms with Crippen molar-refractivity contribution in [3.63, 3.8) is 0 Å². The lowest BCUT2D eigenvalue weighted by molar-refractivity contribution is -0.135. The van der Waals surface area contributed by atoms with Gasteiger partial charge < -0.3 is 14.5 Å². The summed E-state index contributed by atoms with van der Waals surface area (Å²) in [7, 11) is 0. The number of fused-ring (bicyclic) bond motifs is 1. The fourth-order valence-corrected chi connectivity index (χ4v) is 5.25. The third kappa shape index (κ3) is 5.34. The maximum atomic E-state index is 13.5. The van der Waals surface area contributed by atoms with Crippen molar-refractivity contribution in [2.75, 3.05) is 26.2 Å². The number of rotatable bonds is 8. The van der Waals surface area contributed by atoms with Crippen molar-refractivity contribution >= 4 is 34.8 Å². The van der Waals surface area contributed by atoms with Crippen molar-refractivity contribution in [1.82, 2.24) is 9.80 Å². The van der Waals surface area contributed by atoms with Crippen molar-refractivity contribution in [2.24, 2.45) is 0 Å². The van der Waals surface area contributed by atoms with Gasteiger partial charge in [0.15, 0.2) is 0 Å². The maximum Gasteiger partial charge on any atom is 0.254 e. The topological polar surface area (TPSA) is 49.9 Å². The first-order valence-corrected chi connectivity index (χ1v) is 12.4. The van der Waals surface area contributed by atoms with Gasteiger partial charge in [0.1, 0.15) is 18.9 Å². The van der Waals surface area contributed by atoms with Gasteiger partial charge >= 0.3 is 0 Å². The molecule has 0 saturated heterocycles. The van der Waals surface area contributed by atoms with Gasteiger partial charge in [-0.3, -0.25) is 9.59 Å². The Labute approximate surface area is 209 Å². The Kier molecular flexibility index (Phi) is 7.70. The predicted molar refractivity (Wildman–Crippen MR) is 137 cm³/mol. The quantitative estimate of drug-likeness (QED) is 0.386. The first kappa shape index (κ1) is 24.0. The number of carbonyl (C=O) groups excluding carboxylic acids is 2. The summed E-state index contributed by atoms with van der Waals surface area (Å²) in [5.41, 5.74) is 2.58. The predicted octanol–water partition coefficient (Wildman–Crippen LogP) is 5.54. The van der Waals surface area contributed by atoms with Crippen LogP contribution in [-0.4, -0.2) is 47.9 Å². The summed E-state index contributed by atoms with van der Waals surface area (Å²) < 4.78 is 6.05. The van der Waals surface area contributed by atoms with Crippen LogP contribution < -0.4 is 4.74 Å². The zero-order chi connectivity index (χ0) is 24.1. The van der Waals surface area contributed by atoms with E-state index in [-0.39, 0.29) is 24.4 Å². The molecular formula is C27H27ClN2O3S. The van der Waals surface area contributed by atoms with E-state index in [2.05, 4.69) is 18.0 Å². The lowest BCUT2D eigenvalue weighted by atomic mass is 10.00. The first-order valence-electron chi connectivity index (χ1n) is 11.2. The summed E-state index contributed by atoms with van der Waals surface area (Å²) in [6.45, 7) is 6.86. The number of benzene rings is 2. The van der Waals surface area contributed by atoms with Crippen molar-refractivity contribution in [3.8, 4) is 5.75 Å². The van der Waals surface area contributed by atoms with Gasteiger partial charge in [0, 0.05) is 28.6 Å². The van der Waals surface area contributed by atoms with Crippen LogP contribution in [-0.2, 0) is 11.2 Å². The molecule has 1 aliphatic heterocycles. The fraction of sp³-hybridized carbons (Fsp3) is 0.259. The van der Waals surface area contributed by atoms with Crippen LogP contribution in [0, 0.1) is 6.92 Å². The standard InChI is InChI=1S/C27H27ClN2O3S/c1-3-14-29(27(32)22-7-5-4-6-19(22)2)17-26(31)30-15-12-25-23(13-16-34-25)24(30)18-33-21-10-8-20(28)9-11-21/h3-11,13,16,24H,1,12,14-15,17-18H2,2H3. The van der Waals surface area contributed by atoms with Gasteiger partial charge in [-0.15, -0.1) is 17.9 Å². The molecule has 1 unspecified atom stereocenters. The number of ether oxygens (including phenoxy) is 1. The molecule has 176 valence electrons. The molecule has 0 aliphatic carbocycles. The largest absolute Gasteiger partial charge is 0.491 e. The zero-order valence-corrected chi connectivity index (χ0v) is 20.6. The summed E-state index contributed by atoms with van der Waals surface area (Å²) in [5, 5.41) is 2.70. The molecular weight excluding hydrogens is 468 g/mol. The van der Waals surface area contributed by atoms with Gasteiger partial charge in [-0.25, -0.2) is 0 Å². The Balaban J connectivity index is 1.53. The smallest absolute Gasteiger partial charge is 0.254 e. The average Bonchev–Trinajstić information content (AvgIpc) is 3.32. The van der Waals surface area contributed by atoms with Crippen LogP contribution in [0.25, 0.3) is 0 Å². The first-order chi connectivity index (χ1) is 16.5. The number of nitrogens with zero attached hydrogens (tertiary/aromatic N) is 2. The molecule has 0 fully saturated rings. The van der Waals surface area contributed by atoms with Crippen molar-refractivity contribution in [1.29, 1.82) is 0 Å². The number of aryl methyl sites for hydroxylation is 1. The second-order valence-electron chi connectivity index (χ2n) is 8.21. The second kappa shape index (κ2) is 10.9. The molecule has 0 bridgehead atoms. The highest BCUT2D eigenvalue weighted by Crippen LogP contribution is 2.34. The van der Waals surface area contributed by atoms with E-state index in [9.17, 15) is 9.59 Å². The van der Waals surface area contributed by atoms with E-state index in [0.29, 0.717) is 36.0 Å². The zero-order valence-electron chi connectivity index (χ0n) is 19.1. The maximum absolute atomic E-state index is 13.5. The third-order valence-corrected chi connectivity index (χ3v) is 7.22. The molecule has 34 heavy (non-hydrogen) atoms. The Morgan fingerprint density at radius 3 is 2.71 bits per heavy atom. The fourth-order valence-electron chi connectivity index (χ4n) is 4.19. The lowest BCUT2D eigenvalue weighted by Gasteiger charge is -2.37. The highest BCUT2D eigenvalue weighted by Gasteiger charge is 2.33. The molecule has 1 aliphatic rings. The van der Waals surface area contributed by atoms with Crippen LogP contribution in [0.1, 0.15) is 32.4 Å². The Bertz CT molecular complexity index is 1170. The average molecular weight is 495 g/mol. The normalized spacial score (nSPS) is 14.9. The highest BCUT2D eigenvalue weighted by atomic mass is 35.5. The van der Waals surface area contributed by atoms with Gasteiger partial charge in [0.25, 0.3) is 5.91 Å². The Hall–Kier alpha value is -3.09. The van der Waals surface area contributed by atoms with Crippen molar-refractivity contribution in [3.05, 3.63) is 99.2 Å². The Morgan fingerprint density at radius 2 is 1.97 bits per heavy atom. The molecule has 3 aromatic rings. The van der Waals surface area contributed by atoms with Crippen LogP contribution in [0.2, 0.25) is 5.02 Å². The molecule has 7 heteroatoms. The minimum atomic E-state index is -0.225.